The average molecular weight is 737 g/mol. The van der Waals surface area contributed by atoms with E-state index in [9.17, 15) is 19.2 Å². The number of para-hydroxylation sites is 2. The van der Waals surface area contributed by atoms with Crippen molar-refractivity contribution >= 4 is 23.8 Å². The molecule has 0 radical (unpaired) electrons. The highest BCUT2D eigenvalue weighted by molar-refractivity contribution is 6.02. The molecule has 2 saturated heterocycles. The van der Waals surface area contributed by atoms with E-state index in [0.717, 1.165) is 0 Å². The Morgan fingerprint density at radius 1 is 0.717 bits per heavy atom. The van der Waals surface area contributed by atoms with E-state index >= 15 is 0 Å². The molecule has 0 aromatic heterocycles. The molecule has 4 aliphatic heterocycles. The highest BCUT2D eigenvalue weighted by Gasteiger charge is 2.55. The molecule has 290 valence electrons. The van der Waals surface area contributed by atoms with Crippen LogP contribution in [0.2, 0.25) is 0 Å². The Morgan fingerprint density at radius 2 is 1.17 bits per heavy atom. The number of benzene rings is 2. The van der Waals surface area contributed by atoms with Crippen LogP contribution in [0.3, 0.4) is 0 Å². The van der Waals surface area contributed by atoms with E-state index in [-0.39, 0.29) is 23.8 Å². The van der Waals surface area contributed by atoms with E-state index in [4.69, 9.17) is 28.4 Å². The summed E-state index contributed by atoms with van der Waals surface area (Å²) < 4.78 is 35.3. The first-order valence-corrected chi connectivity index (χ1v) is 18.8. The van der Waals surface area contributed by atoms with Gasteiger partial charge in [-0.05, 0) is 79.7 Å². The number of carbonyl (C=O) groups excluding carboxylic acids is 4. The van der Waals surface area contributed by atoms with Gasteiger partial charge in [0.1, 0.15) is 39.8 Å². The van der Waals surface area contributed by atoms with Crippen molar-refractivity contribution in [3.05, 3.63) is 59.7 Å². The van der Waals surface area contributed by atoms with Gasteiger partial charge >= 0.3 is 12.2 Å². The predicted octanol–water partition coefficient (Wildman–Crippen LogP) is 7.47. The van der Waals surface area contributed by atoms with Gasteiger partial charge in [0, 0.05) is 65.1 Å². The largest absolute Gasteiger partial charge is 0.486 e. The number of piperidine rings is 2. The van der Waals surface area contributed by atoms with Gasteiger partial charge in [-0.2, -0.15) is 0 Å². The number of fused-ring (bicyclic) bond motifs is 2. The molecule has 53 heavy (non-hydrogen) atoms. The SMILES string of the molecule is CC(C)(C)OC(=O)N1CCC2(CC1)CC(=O)c1ccccc1O2.CCOC(OCC)C1C(=O)c2ccccc2OC12CCN(C(=O)OC(C)(C)C)CC2. The lowest BCUT2D eigenvalue weighted by Crippen LogP contribution is -2.61. The van der Waals surface area contributed by atoms with Gasteiger partial charge in [-0.3, -0.25) is 9.59 Å². The zero-order valence-electron chi connectivity index (χ0n) is 32.5. The molecule has 2 fully saturated rings. The molecule has 4 aliphatic rings. The minimum Gasteiger partial charge on any atom is -0.486 e. The third-order valence-electron chi connectivity index (χ3n) is 9.83. The molecule has 6 rings (SSSR count). The zero-order valence-corrected chi connectivity index (χ0v) is 32.5. The molecule has 12 heteroatoms. The number of likely N-dealkylation sites (tertiary alicyclic amines) is 2. The number of carbonyl (C=O) groups is 4. The molecule has 0 bridgehead atoms. The Bertz CT molecular complexity index is 1620. The van der Waals surface area contributed by atoms with Crippen molar-refractivity contribution < 1.29 is 47.6 Å². The lowest BCUT2D eigenvalue weighted by atomic mass is 9.73. The number of hydrogen-bond donors (Lipinski definition) is 0. The first kappa shape index (κ1) is 40.0. The predicted molar refractivity (Wildman–Crippen MR) is 197 cm³/mol. The van der Waals surface area contributed by atoms with E-state index in [1.807, 2.05) is 91.8 Å². The Hall–Kier alpha value is -4.16. The van der Waals surface area contributed by atoms with Crippen molar-refractivity contribution in [1.82, 2.24) is 9.80 Å². The normalized spacial score (nSPS) is 20.4. The van der Waals surface area contributed by atoms with E-state index < -0.39 is 34.6 Å². The van der Waals surface area contributed by atoms with Crippen LogP contribution in [0.1, 0.15) is 108 Å². The number of rotatable bonds is 5. The van der Waals surface area contributed by atoms with Crippen LogP contribution < -0.4 is 9.47 Å². The van der Waals surface area contributed by atoms with Gasteiger partial charge in [0.15, 0.2) is 17.9 Å². The van der Waals surface area contributed by atoms with Crippen molar-refractivity contribution in [2.45, 2.75) is 116 Å². The molecular weight excluding hydrogens is 680 g/mol. The van der Waals surface area contributed by atoms with Crippen molar-refractivity contribution in [3.8, 4) is 11.5 Å². The van der Waals surface area contributed by atoms with E-state index in [0.29, 0.717) is 94.1 Å². The number of ketones is 2. The maximum Gasteiger partial charge on any atom is 0.410 e. The fraction of sp³-hybridized carbons (Fsp3) is 0.610. The summed E-state index contributed by atoms with van der Waals surface area (Å²) >= 11 is 0. The van der Waals surface area contributed by atoms with E-state index in [1.54, 1.807) is 21.9 Å². The molecule has 1 unspecified atom stereocenters. The van der Waals surface area contributed by atoms with Crippen molar-refractivity contribution in [2.24, 2.45) is 5.92 Å². The summed E-state index contributed by atoms with van der Waals surface area (Å²) in [6, 6.07) is 14.7. The van der Waals surface area contributed by atoms with Gasteiger partial charge in [-0.25, -0.2) is 9.59 Å². The number of hydrogen-bond acceptors (Lipinski definition) is 10. The van der Waals surface area contributed by atoms with Gasteiger partial charge in [0.25, 0.3) is 0 Å². The molecule has 0 saturated carbocycles. The topological polar surface area (TPSA) is 130 Å². The number of Topliss-reactive ketones (excluding diaryl/α,β-unsaturated/α-hetero) is 2. The first-order valence-electron chi connectivity index (χ1n) is 18.8. The average Bonchev–Trinajstić information content (AvgIpc) is 3.08. The Balaban J connectivity index is 0.000000211. The summed E-state index contributed by atoms with van der Waals surface area (Å²) in [5.74, 6) is 0.728. The van der Waals surface area contributed by atoms with Crippen LogP contribution in [0, 0.1) is 5.92 Å². The second kappa shape index (κ2) is 16.1. The maximum absolute atomic E-state index is 13.5. The highest BCUT2D eigenvalue weighted by atomic mass is 16.7. The molecule has 2 amide bonds. The van der Waals surface area contributed by atoms with Crippen LogP contribution in [0.25, 0.3) is 0 Å². The summed E-state index contributed by atoms with van der Waals surface area (Å²) in [5, 5.41) is 0. The first-order chi connectivity index (χ1) is 25.0. The molecule has 12 nitrogen and oxygen atoms in total. The highest BCUT2D eigenvalue weighted by Crippen LogP contribution is 2.45. The molecular formula is C41H56N2O10. The third kappa shape index (κ3) is 9.51. The van der Waals surface area contributed by atoms with Gasteiger partial charge < -0.3 is 38.2 Å². The zero-order chi connectivity index (χ0) is 38.6. The fourth-order valence-electron chi connectivity index (χ4n) is 7.34. The van der Waals surface area contributed by atoms with Crippen LogP contribution in [-0.2, 0) is 18.9 Å². The van der Waals surface area contributed by atoms with E-state index in [1.165, 1.54) is 0 Å². The summed E-state index contributed by atoms with van der Waals surface area (Å²) in [5.41, 5.74) is -1.12. The molecule has 1 atom stereocenters. The number of nitrogens with zero attached hydrogens (tertiary/aromatic N) is 2. The molecule has 2 aromatic rings. The lowest BCUT2D eigenvalue weighted by molar-refractivity contribution is -0.198. The Labute approximate surface area is 313 Å². The lowest BCUT2D eigenvalue weighted by Gasteiger charge is -2.49. The summed E-state index contributed by atoms with van der Waals surface area (Å²) in [7, 11) is 0. The van der Waals surface area contributed by atoms with Crippen LogP contribution in [0.15, 0.2) is 48.5 Å². The molecule has 0 N–H and O–H groups in total. The second-order valence-corrected chi connectivity index (χ2v) is 16.1. The summed E-state index contributed by atoms with van der Waals surface area (Å²) in [4.78, 5) is 54.0. The summed E-state index contributed by atoms with van der Waals surface area (Å²) in [6.07, 6.45) is 1.32. The van der Waals surface area contributed by atoms with Crippen molar-refractivity contribution in [2.75, 3.05) is 39.4 Å². The van der Waals surface area contributed by atoms with Gasteiger partial charge in [-0.1, -0.05) is 24.3 Å². The second-order valence-electron chi connectivity index (χ2n) is 16.1. The van der Waals surface area contributed by atoms with Gasteiger partial charge in [0.2, 0.25) is 0 Å². The van der Waals surface area contributed by atoms with Crippen LogP contribution in [0.5, 0.6) is 11.5 Å². The van der Waals surface area contributed by atoms with Crippen molar-refractivity contribution in [1.29, 1.82) is 0 Å². The Kier molecular flexibility index (Phi) is 12.1. The number of amides is 2. The summed E-state index contributed by atoms with van der Waals surface area (Å²) in [6.45, 7) is 17.7. The molecule has 2 aromatic carbocycles. The fourth-order valence-corrected chi connectivity index (χ4v) is 7.34. The standard InChI is InChI=1S/C23H33NO6.C18H23NO4/c1-6-27-20(28-7-2)18-19(25)16-10-8-9-11-17(16)29-23(18)12-14-24(15-13-23)21(26)30-22(3,4)5;1-17(2,3)23-16(21)19-10-8-18(9-11-19)12-14(20)13-6-4-5-7-15(13)22-18/h8-11,18,20H,6-7,12-15H2,1-5H3;4-7H,8-12H2,1-3H3. The van der Waals surface area contributed by atoms with Crippen LogP contribution >= 0.6 is 0 Å². The van der Waals surface area contributed by atoms with Crippen LogP contribution in [-0.4, -0.2) is 102 Å². The quantitative estimate of drug-likeness (QED) is 0.285. The molecule has 4 heterocycles. The molecule has 0 aliphatic carbocycles. The molecule has 2 spiro atoms. The minimum absolute atomic E-state index is 0.0329. The van der Waals surface area contributed by atoms with E-state index in [2.05, 4.69) is 0 Å². The van der Waals surface area contributed by atoms with Gasteiger partial charge in [0.05, 0.1) is 17.5 Å². The number of ether oxygens (including phenoxy) is 6. The minimum atomic E-state index is -0.793. The maximum atomic E-state index is 13.5. The van der Waals surface area contributed by atoms with Crippen molar-refractivity contribution in [3.63, 3.8) is 0 Å². The monoisotopic (exact) mass is 736 g/mol. The van der Waals surface area contributed by atoms with Gasteiger partial charge in [-0.15, -0.1) is 0 Å². The third-order valence-corrected chi connectivity index (χ3v) is 9.83. The smallest absolute Gasteiger partial charge is 0.410 e. The Morgan fingerprint density at radius 3 is 1.66 bits per heavy atom. The van der Waals surface area contributed by atoms with Crippen LogP contribution in [0.4, 0.5) is 9.59 Å².